The van der Waals surface area contributed by atoms with E-state index in [1.165, 1.54) is 11.3 Å². The molecule has 2 rings (SSSR count). The number of nitrogens with two attached hydrogens (primary N) is 1. The number of nitrogens with zero attached hydrogens (tertiary/aromatic N) is 2. The van der Waals surface area contributed by atoms with Gasteiger partial charge in [0, 0.05) is 5.38 Å². The summed E-state index contributed by atoms with van der Waals surface area (Å²) in [7, 11) is -3.81. The van der Waals surface area contributed by atoms with Crippen LogP contribution in [0, 0.1) is 0 Å². The second-order valence-corrected chi connectivity index (χ2v) is 4.89. The summed E-state index contributed by atoms with van der Waals surface area (Å²) < 4.78 is 22.8. The van der Waals surface area contributed by atoms with Crippen molar-refractivity contribution in [3.05, 3.63) is 23.6 Å². The van der Waals surface area contributed by atoms with Gasteiger partial charge < -0.3 is 0 Å². The van der Waals surface area contributed by atoms with Crippen molar-refractivity contribution in [2.75, 3.05) is 0 Å². The summed E-state index contributed by atoms with van der Waals surface area (Å²) >= 11 is 1.49. The number of rotatable bonds is 4. The summed E-state index contributed by atoms with van der Waals surface area (Å²) in [6.07, 6.45) is 3.34. The highest BCUT2D eigenvalue weighted by Crippen LogP contribution is 2.15. The normalized spacial score (nSPS) is 12.3. The summed E-state index contributed by atoms with van der Waals surface area (Å²) in [5.41, 5.74) is 0.795. The summed E-state index contributed by atoms with van der Waals surface area (Å²) in [6.45, 7) is 0.0901. The van der Waals surface area contributed by atoms with Gasteiger partial charge in [-0.25, -0.2) is 10.1 Å². The van der Waals surface area contributed by atoms with Crippen molar-refractivity contribution in [2.24, 2.45) is 5.14 Å². The molecular formula is C6H8N4O3S2. The van der Waals surface area contributed by atoms with E-state index in [2.05, 4.69) is 10.1 Å². The van der Waals surface area contributed by atoms with Crippen LogP contribution in [0.1, 0.15) is 5.69 Å². The van der Waals surface area contributed by atoms with Gasteiger partial charge in [-0.2, -0.15) is 8.42 Å². The Kier molecular flexibility index (Phi) is 2.71. The molecule has 0 aliphatic heterocycles. The first-order chi connectivity index (χ1) is 7.06. The van der Waals surface area contributed by atoms with Gasteiger partial charge in [-0.3, -0.25) is 9.24 Å². The fraction of sp³-hybridized carbons (Fsp3) is 0.167. The Bertz CT molecular complexity index is 558. The lowest BCUT2D eigenvalue weighted by Crippen LogP contribution is -2.30. The SMILES string of the molecule is NS(=O)(=O)NOCc1csc2cncn12. The van der Waals surface area contributed by atoms with Gasteiger partial charge in [-0.1, -0.05) is 4.89 Å². The zero-order chi connectivity index (χ0) is 10.9. The monoisotopic (exact) mass is 248 g/mol. The number of hydrogen-bond donors (Lipinski definition) is 2. The maximum atomic E-state index is 10.5. The molecule has 0 bridgehead atoms. The Labute approximate surface area is 89.6 Å². The van der Waals surface area contributed by atoms with E-state index in [1.54, 1.807) is 21.8 Å². The zero-order valence-corrected chi connectivity index (χ0v) is 9.09. The number of hydrogen-bond acceptors (Lipinski definition) is 5. The molecule has 0 aliphatic rings. The van der Waals surface area contributed by atoms with Crippen LogP contribution in [0.3, 0.4) is 0 Å². The lowest BCUT2D eigenvalue weighted by Gasteiger charge is -2.01. The van der Waals surface area contributed by atoms with Crippen molar-refractivity contribution in [2.45, 2.75) is 6.61 Å². The molecule has 7 nitrogen and oxygen atoms in total. The molecule has 9 heteroatoms. The summed E-state index contributed by atoms with van der Waals surface area (Å²) in [5, 5.41) is 6.54. The Morgan fingerprint density at radius 1 is 1.67 bits per heavy atom. The Morgan fingerprint density at radius 3 is 3.20 bits per heavy atom. The van der Waals surface area contributed by atoms with E-state index in [0.29, 0.717) is 0 Å². The van der Waals surface area contributed by atoms with Gasteiger partial charge in [-0.05, 0) is 0 Å². The molecule has 2 aromatic rings. The van der Waals surface area contributed by atoms with E-state index in [9.17, 15) is 8.42 Å². The van der Waals surface area contributed by atoms with Crippen LogP contribution >= 0.6 is 11.3 Å². The maximum Gasteiger partial charge on any atom is 0.296 e. The van der Waals surface area contributed by atoms with Crippen LogP contribution in [0.2, 0.25) is 0 Å². The van der Waals surface area contributed by atoms with E-state index in [-0.39, 0.29) is 6.61 Å². The topological polar surface area (TPSA) is 98.7 Å². The molecule has 0 aliphatic carbocycles. The first-order valence-corrected chi connectivity index (χ1v) is 6.28. The average Bonchev–Trinajstić information content (AvgIpc) is 2.66. The third-order valence-electron chi connectivity index (χ3n) is 1.62. The van der Waals surface area contributed by atoms with Crippen LogP contribution in [0.25, 0.3) is 4.83 Å². The Hall–Kier alpha value is -1.00. The Morgan fingerprint density at radius 2 is 2.47 bits per heavy atom. The fourth-order valence-corrected chi connectivity index (χ4v) is 2.12. The molecule has 0 aromatic carbocycles. The first-order valence-electron chi connectivity index (χ1n) is 3.86. The summed E-state index contributed by atoms with van der Waals surface area (Å²) in [4.78, 5) is 11.3. The third kappa shape index (κ3) is 2.52. The van der Waals surface area contributed by atoms with E-state index < -0.39 is 10.2 Å². The molecule has 0 unspecified atom stereocenters. The molecular weight excluding hydrogens is 240 g/mol. The van der Waals surface area contributed by atoms with Gasteiger partial charge in [0.1, 0.15) is 17.8 Å². The highest BCUT2D eigenvalue weighted by Gasteiger charge is 2.05. The highest BCUT2D eigenvalue weighted by molar-refractivity contribution is 7.87. The van der Waals surface area contributed by atoms with Gasteiger partial charge in [-0.15, -0.1) is 11.3 Å². The van der Waals surface area contributed by atoms with Gasteiger partial charge in [0.15, 0.2) is 0 Å². The van der Waals surface area contributed by atoms with E-state index >= 15 is 0 Å². The molecule has 0 fully saturated rings. The average molecular weight is 248 g/mol. The number of aromatic nitrogens is 2. The van der Waals surface area contributed by atoms with Crippen molar-refractivity contribution in [3.63, 3.8) is 0 Å². The lowest BCUT2D eigenvalue weighted by molar-refractivity contribution is 0.0769. The third-order valence-corrected chi connectivity index (χ3v) is 2.91. The number of fused-ring (bicyclic) bond motifs is 1. The minimum absolute atomic E-state index is 0.0901. The van der Waals surface area contributed by atoms with Gasteiger partial charge in [0.05, 0.1) is 11.9 Å². The zero-order valence-electron chi connectivity index (χ0n) is 7.45. The smallest absolute Gasteiger partial charge is 0.291 e. The lowest BCUT2D eigenvalue weighted by atomic mass is 10.5. The maximum absolute atomic E-state index is 10.5. The largest absolute Gasteiger partial charge is 0.296 e. The van der Waals surface area contributed by atoms with Crippen molar-refractivity contribution >= 4 is 26.4 Å². The summed E-state index contributed by atoms with van der Waals surface area (Å²) in [5.74, 6) is 0. The van der Waals surface area contributed by atoms with Crippen molar-refractivity contribution in [1.29, 1.82) is 0 Å². The predicted molar refractivity (Wildman–Crippen MR) is 54.1 cm³/mol. The van der Waals surface area contributed by atoms with Crippen LogP contribution in [0.5, 0.6) is 0 Å². The van der Waals surface area contributed by atoms with Crippen molar-refractivity contribution < 1.29 is 13.3 Å². The van der Waals surface area contributed by atoms with Gasteiger partial charge in [0.25, 0.3) is 10.2 Å². The van der Waals surface area contributed by atoms with Gasteiger partial charge in [0.2, 0.25) is 0 Å². The van der Waals surface area contributed by atoms with Crippen LogP contribution in [0.4, 0.5) is 0 Å². The molecule has 0 saturated carbocycles. The number of thiazole rings is 1. The molecule has 2 aromatic heterocycles. The van der Waals surface area contributed by atoms with Crippen molar-refractivity contribution in [3.8, 4) is 0 Å². The Balaban J connectivity index is 2.04. The van der Waals surface area contributed by atoms with Crippen molar-refractivity contribution in [1.82, 2.24) is 14.3 Å². The van der Waals surface area contributed by atoms with E-state index in [1.807, 2.05) is 5.38 Å². The second-order valence-electron chi connectivity index (χ2n) is 2.75. The van der Waals surface area contributed by atoms with Crippen LogP contribution in [-0.4, -0.2) is 17.8 Å². The van der Waals surface area contributed by atoms with Crippen LogP contribution in [-0.2, 0) is 21.7 Å². The minimum atomic E-state index is -3.81. The fourth-order valence-electron chi connectivity index (χ4n) is 1.06. The van der Waals surface area contributed by atoms with Crippen LogP contribution in [0.15, 0.2) is 17.9 Å². The summed E-state index contributed by atoms with van der Waals surface area (Å²) in [6, 6.07) is 0. The molecule has 0 amide bonds. The molecule has 0 saturated heterocycles. The second kappa shape index (κ2) is 3.87. The molecule has 2 heterocycles. The first kappa shape index (κ1) is 10.5. The molecule has 0 atom stereocenters. The number of imidazole rings is 1. The van der Waals surface area contributed by atoms with E-state index in [0.717, 1.165) is 10.5 Å². The quantitative estimate of drug-likeness (QED) is 0.720. The minimum Gasteiger partial charge on any atom is -0.291 e. The van der Waals surface area contributed by atoms with Gasteiger partial charge >= 0.3 is 0 Å². The van der Waals surface area contributed by atoms with E-state index in [4.69, 9.17) is 4.84 Å². The molecule has 15 heavy (non-hydrogen) atoms. The standard InChI is InChI=1S/C6H8N4O3S2/c7-15(11,12)9-13-2-5-3-14-6-1-8-4-10(5)6/h1,3-4,9H,2H2,(H2,7,11,12). The molecule has 0 spiro atoms. The molecule has 3 N–H and O–H groups in total. The highest BCUT2D eigenvalue weighted by atomic mass is 32.2. The number of nitrogens with one attached hydrogen (secondary N) is 1. The van der Waals surface area contributed by atoms with Crippen LogP contribution < -0.4 is 10.0 Å². The molecule has 82 valence electrons. The molecule has 0 radical (unpaired) electrons. The predicted octanol–water partition coefficient (Wildman–Crippen LogP) is -0.379.